The van der Waals surface area contributed by atoms with Gasteiger partial charge in [-0.3, -0.25) is 0 Å². The van der Waals surface area contributed by atoms with E-state index in [1.54, 1.807) is 0 Å². The van der Waals surface area contributed by atoms with Gasteiger partial charge in [-0.1, -0.05) is 35.9 Å². The Kier molecular flexibility index (Phi) is 4.08. The van der Waals surface area contributed by atoms with Crippen molar-refractivity contribution in [1.29, 1.82) is 0 Å². The van der Waals surface area contributed by atoms with E-state index in [9.17, 15) is 0 Å². The van der Waals surface area contributed by atoms with E-state index in [1.807, 2.05) is 18.2 Å². The Bertz CT molecular complexity index is 134. The van der Waals surface area contributed by atoms with E-state index in [-0.39, 0.29) is 26.2 Å². The average molecular weight is 304 g/mol. The summed E-state index contributed by atoms with van der Waals surface area (Å²) in [7, 11) is 0. The second kappa shape index (κ2) is 4.03. The molecule has 0 aliphatic heterocycles. The molecular weight excluding hydrogens is 293 g/mol. The van der Waals surface area contributed by atoms with E-state index >= 15 is 0 Å². The second-order valence-electron chi connectivity index (χ2n) is 1.65. The molecule has 0 aromatic heterocycles. The van der Waals surface area contributed by atoms with Crippen LogP contribution in [0.5, 0.6) is 0 Å². The molecule has 0 nitrogen and oxygen atoms in total. The van der Waals surface area contributed by atoms with Gasteiger partial charge >= 0.3 is 26.2 Å². The van der Waals surface area contributed by atoms with E-state index in [4.69, 9.17) is 0 Å². The van der Waals surface area contributed by atoms with Crippen LogP contribution in [0.4, 0.5) is 0 Å². The van der Waals surface area contributed by atoms with Crippen LogP contribution in [-0.2, 0) is 0 Å². The maximum absolute atomic E-state index is 2.08. The molecule has 0 heterocycles. The Morgan fingerprint density at radius 1 is 1.00 bits per heavy atom. The minimum atomic E-state index is 0. The van der Waals surface area contributed by atoms with Crippen LogP contribution in [0, 0.1) is 6.92 Å². The molecule has 0 saturated carbocycles. The molecule has 0 aliphatic carbocycles. The molecule has 1 aromatic rings. The fraction of sp³-hybridized carbons (Fsp3) is 0.143. The summed E-state index contributed by atoms with van der Waals surface area (Å²) in [6.07, 6.45) is 0. The molecule has 44 valence electrons. The molecule has 1 heteroatoms. The summed E-state index contributed by atoms with van der Waals surface area (Å²) in [5.74, 6) is 0. The molecule has 0 radical (unpaired) electrons. The molecule has 0 amide bonds. The summed E-state index contributed by atoms with van der Waals surface area (Å²) in [5, 5.41) is 0. The van der Waals surface area contributed by atoms with Crippen molar-refractivity contribution in [1.82, 2.24) is 0 Å². The molecule has 0 bridgehead atoms. The molecule has 1 rings (SSSR count). The molecule has 0 atom stereocenters. The van der Waals surface area contributed by atoms with Gasteiger partial charge in [0, 0.05) is 0 Å². The van der Waals surface area contributed by atoms with Crippen LogP contribution in [0.1, 0.15) is 5.56 Å². The first kappa shape index (κ1) is 8.10. The van der Waals surface area contributed by atoms with Gasteiger partial charge in [0.2, 0.25) is 0 Å². The summed E-state index contributed by atoms with van der Waals surface area (Å²) in [6, 6.07) is 10.3. The van der Waals surface area contributed by atoms with Gasteiger partial charge < -0.3 is 0 Å². The standard InChI is InChI=1S/C7H8.Bi.3H/c1-7-5-3-2-4-6-7;;;;/h2-6H,1H3;;;;. The number of rotatable bonds is 0. The van der Waals surface area contributed by atoms with Crippen molar-refractivity contribution in [3.63, 3.8) is 0 Å². The predicted octanol–water partition coefficient (Wildman–Crippen LogP) is 0.811. The van der Waals surface area contributed by atoms with Gasteiger partial charge in [0.25, 0.3) is 0 Å². The average Bonchev–Trinajstić information content (AvgIpc) is 1.69. The first-order valence-electron chi connectivity index (χ1n) is 2.41. The molecule has 0 saturated heterocycles. The number of aryl methyl sites for hydroxylation is 1. The zero-order valence-corrected chi connectivity index (χ0v) is 10.6. The van der Waals surface area contributed by atoms with Gasteiger partial charge in [-0.05, 0) is 6.92 Å². The van der Waals surface area contributed by atoms with Crippen molar-refractivity contribution in [2.24, 2.45) is 0 Å². The number of hydrogen-bond acceptors (Lipinski definition) is 0. The van der Waals surface area contributed by atoms with Crippen LogP contribution < -0.4 is 0 Å². The van der Waals surface area contributed by atoms with Crippen LogP contribution in [0.2, 0.25) is 0 Å². The summed E-state index contributed by atoms with van der Waals surface area (Å²) >= 11 is 0. The molecular formula is C7H11Bi. The number of benzene rings is 1. The molecule has 0 fully saturated rings. The minimum absolute atomic E-state index is 0. The Hall–Kier alpha value is 0.103. The summed E-state index contributed by atoms with van der Waals surface area (Å²) in [5.41, 5.74) is 1.32. The van der Waals surface area contributed by atoms with E-state index in [2.05, 4.69) is 19.1 Å². The van der Waals surface area contributed by atoms with Crippen molar-refractivity contribution >= 4 is 26.2 Å². The molecule has 0 spiro atoms. The van der Waals surface area contributed by atoms with E-state index in [1.165, 1.54) is 5.56 Å². The van der Waals surface area contributed by atoms with Crippen molar-refractivity contribution < 1.29 is 0 Å². The van der Waals surface area contributed by atoms with Gasteiger partial charge in [-0.2, -0.15) is 0 Å². The molecule has 0 aliphatic rings. The molecule has 1 aromatic carbocycles. The summed E-state index contributed by atoms with van der Waals surface area (Å²) < 4.78 is 0. The van der Waals surface area contributed by atoms with Crippen molar-refractivity contribution in [3.8, 4) is 0 Å². The Balaban J connectivity index is 0.000000490. The number of hydrogen-bond donors (Lipinski definition) is 0. The van der Waals surface area contributed by atoms with E-state index in [0.717, 1.165) is 0 Å². The molecule has 8 heavy (non-hydrogen) atoms. The SMILES string of the molecule is Cc1ccccc1.[BiH3]. The quantitative estimate of drug-likeness (QED) is 0.622. The zero-order chi connectivity index (χ0) is 5.11. The van der Waals surface area contributed by atoms with Crippen LogP contribution in [0.15, 0.2) is 30.3 Å². The topological polar surface area (TPSA) is 0 Å². The van der Waals surface area contributed by atoms with Crippen LogP contribution >= 0.6 is 0 Å². The third-order valence-corrected chi connectivity index (χ3v) is 0.940. The zero-order valence-electron chi connectivity index (χ0n) is 5.09. The monoisotopic (exact) mass is 304 g/mol. The Morgan fingerprint density at radius 2 is 1.50 bits per heavy atom. The van der Waals surface area contributed by atoms with Crippen molar-refractivity contribution in [2.45, 2.75) is 6.92 Å². The predicted molar refractivity (Wildman–Crippen MR) is 41.1 cm³/mol. The van der Waals surface area contributed by atoms with Crippen LogP contribution in [0.3, 0.4) is 0 Å². The van der Waals surface area contributed by atoms with Crippen molar-refractivity contribution in [3.05, 3.63) is 35.9 Å². The van der Waals surface area contributed by atoms with Gasteiger partial charge in [0.05, 0.1) is 0 Å². The van der Waals surface area contributed by atoms with Gasteiger partial charge in [-0.25, -0.2) is 0 Å². The first-order valence-corrected chi connectivity index (χ1v) is 2.41. The second-order valence-corrected chi connectivity index (χ2v) is 1.65. The van der Waals surface area contributed by atoms with Gasteiger partial charge in [0.1, 0.15) is 0 Å². The maximum atomic E-state index is 2.08. The van der Waals surface area contributed by atoms with E-state index < -0.39 is 0 Å². The van der Waals surface area contributed by atoms with Gasteiger partial charge in [0.15, 0.2) is 0 Å². The fourth-order valence-electron chi connectivity index (χ4n) is 0.534. The third-order valence-electron chi connectivity index (χ3n) is 0.940. The van der Waals surface area contributed by atoms with E-state index in [0.29, 0.717) is 0 Å². The summed E-state index contributed by atoms with van der Waals surface area (Å²) in [6.45, 7) is 2.08. The summed E-state index contributed by atoms with van der Waals surface area (Å²) in [4.78, 5) is 0. The van der Waals surface area contributed by atoms with Crippen LogP contribution in [0.25, 0.3) is 0 Å². The fourth-order valence-corrected chi connectivity index (χ4v) is 0.534. The molecule has 0 N–H and O–H groups in total. The first-order chi connectivity index (χ1) is 3.39. The van der Waals surface area contributed by atoms with Gasteiger partial charge in [-0.15, -0.1) is 0 Å². The van der Waals surface area contributed by atoms with Crippen molar-refractivity contribution in [2.75, 3.05) is 0 Å². The van der Waals surface area contributed by atoms with Crippen LogP contribution in [-0.4, -0.2) is 26.2 Å². The normalized spacial score (nSPS) is 7.62. The molecule has 0 unspecified atom stereocenters. The Labute approximate surface area is 69.0 Å². The third kappa shape index (κ3) is 2.42. The Morgan fingerprint density at radius 3 is 1.75 bits per heavy atom.